The number of hydrogen-bond acceptors (Lipinski definition) is 5. The first kappa shape index (κ1) is 18.8. The van der Waals surface area contributed by atoms with Gasteiger partial charge in [-0.15, -0.1) is 0 Å². The van der Waals surface area contributed by atoms with Crippen LogP contribution in [0, 0.1) is 12.7 Å². The van der Waals surface area contributed by atoms with Crippen molar-refractivity contribution in [3.05, 3.63) is 94.9 Å². The molecule has 1 amide bonds. The number of imidazole rings is 1. The second kappa shape index (κ2) is 6.94. The fourth-order valence-corrected chi connectivity index (χ4v) is 3.76. The number of nitrogens with one attached hydrogen (secondary N) is 1. The standard InChI is InChI=1S/C23H16FN3O4/c1-12-6-11-17(31-12)20(28)18-19(13-7-9-14(24)10-8-13)27(22(30)21(18)29)23-25-15-4-2-3-5-16(15)26-23/h2-11,19,29H,1H3,(H,25,26). The number of aromatic nitrogens is 2. The van der Waals surface area contributed by atoms with Crippen molar-refractivity contribution < 1.29 is 23.5 Å². The maximum absolute atomic E-state index is 13.6. The van der Waals surface area contributed by atoms with E-state index in [2.05, 4.69) is 9.97 Å². The molecule has 1 aliphatic heterocycles. The molecule has 1 atom stereocenters. The Morgan fingerprint density at radius 1 is 1.13 bits per heavy atom. The third kappa shape index (κ3) is 3.00. The molecule has 7 nitrogen and oxygen atoms in total. The summed E-state index contributed by atoms with van der Waals surface area (Å²) in [5.41, 5.74) is 1.57. The van der Waals surface area contributed by atoms with Gasteiger partial charge in [0.2, 0.25) is 11.7 Å². The molecule has 2 aromatic heterocycles. The number of Topliss-reactive ketones (excluding diaryl/α,β-unsaturated/α-hetero) is 1. The number of hydrogen-bond donors (Lipinski definition) is 2. The number of benzene rings is 2. The first-order valence-electron chi connectivity index (χ1n) is 9.52. The molecule has 1 aliphatic rings. The molecule has 0 bridgehead atoms. The van der Waals surface area contributed by atoms with Gasteiger partial charge in [0.25, 0.3) is 5.91 Å². The van der Waals surface area contributed by atoms with Gasteiger partial charge in [-0.2, -0.15) is 0 Å². The number of anilines is 1. The number of carbonyl (C=O) groups excluding carboxylic acids is 2. The summed E-state index contributed by atoms with van der Waals surface area (Å²) in [6.07, 6.45) is 0. The summed E-state index contributed by atoms with van der Waals surface area (Å²) in [5.74, 6) is -1.93. The molecular formula is C23H16FN3O4. The summed E-state index contributed by atoms with van der Waals surface area (Å²) in [6, 6.07) is 14.6. The number of H-pyrrole nitrogens is 1. The maximum atomic E-state index is 13.6. The number of aliphatic hydroxyl groups is 1. The van der Waals surface area contributed by atoms with Gasteiger partial charge in [0, 0.05) is 0 Å². The molecular weight excluding hydrogens is 401 g/mol. The number of furan rings is 1. The van der Waals surface area contributed by atoms with Gasteiger partial charge in [0.15, 0.2) is 11.5 Å². The Bertz CT molecular complexity index is 1330. The van der Waals surface area contributed by atoms with Crippen molar-refractivity contribution in [3.8, 4) is 0 Å². The molecule has 0 saturated carbocycles. The van der Waals surface area contributed by atoms with Crippen molar-refractivity contribution in [2.45, 2.75) is 13.0 Å². The van der Waals surface area contributed by atoms with Crippen molar-refractivity contribution in [3.63, 3.8) is 0 Å². The number of nitrogens with zero attached hydrogens (tertiary/aromatic N) is 2. The fraction of sp³-hybridized carbons (Fsp3) is 0.0870. The van der Waals surface area contributed by atoms with Gasteiger partial charge in [-0.25, -0.2) is 9.37 Å². The van der Waals surface area contributed by atoms with Gasteiger partial charge < -0.3 is 14.5 Å². The van der Waals surface area contributed by atoms with E-state index in [1.807, 2.05) is 6.07 Å². The predicted octanol–water partition coefficient (Wildman–Crippen LogP) is 4.39. The van der Waals surface area contributed by atoms with E-state index in [4.69, 9.17) is 4.42 Å². The SMILES string of the molecule is Cc1ccc(C(=O)C2=C(O)C(=O)N(c3nc4ccccc4[nH]3)C2c2ccc(F)cc2)o1. The zero-order valence-electron chi connectivity index (χ0n) is 16.3. The number of ketones is 1. The van der Waals surface area contributed by atoms with E-state index in [1.54, 1.807) is 31.2 Å². The monoisotopic (exact) mass is 417 g/mol. The van der Waals surface area contributed by atoms with E-state index in [0.717, 1.165) is 0 Å². The summed E-state index contributed by atoms with van der Waals surface area (Å²) in [5, 5.41) is 10.7. The second-order valence-corrected chi connectivity index (χ2v) is 7.21. The molecule has 1 unspecified atom stereocenters. The Hall–Kier alpha value is -4.20. The third-order valence-corrected chi connectivity index (χ3v) is 5.21. The maximum Gasteiger partial charge on any atom is 0.296 e. The molecule has 0 fully saturated rings. The zero-order valence-corrected chi connectivity index (χ0v) is 16.3. The molecule has 2 aromatic carbocycles. The van der Waals surface area contributed by atoms with Crippen molar-refractivity contribution in [1.29, 1.82) is 0 Å². The Labute approximate surface area is 175 Å². The molecule has 0 aliphatic carbocycles. The van der Waals surface area contributed by atoms with Crippen LogP contribution in [0.1, 0.15) is 27.9 Å². The molecule has 3 heterocycles. The molecule has 0 radical (unpaired) electrons. The van der Waals surface area contributed by atoms with Gasteiger partial charge >= 0.3 is 0 Å². The zero-order chi connectivity index (χ0) is 21.7. The van der Waals surface area contributed by atoms with Crippen molar-refractivity contribution in [2.24, 2.45) is 0 Å². The van der Waals surface area contributed by atoms with Gasteiger partial charge in [0.05, 0.1) is 22.6 Å². The number of para-hydroxylation sites is 2. The number of carbonyl (C=O) groups is 2. The highest BCUT2D eigenvalue weighted by molar-refractivity contribution is 6.20. The fourth-order valence-electron chi connectivity index (χ4n) is 3.76. The van der Waals surface area contributed by atoms with Crippen molar-refractivity contribution in [1.82, 2.24) is 9.97 Å². The first-order valence-corrected chi connectivity index (χ1v) is 9.52. The number of aryl methyl sites for hydroxylation is 1. The number of fused-ring (bicyclic) bond motifs is 1. The van der Waals surface area contributed by atoms with Gasteiger partial charge in [-0.3, -0.25) is 14.5 Å². The van der Waals surface area contributed by atoms with Crippen molar-refractivity contribution >= 4 is 28.7 Å². The van der Waals surface area contributed by atoms with Crippen LogP contribution in [0.25, 0.3) is 11.0 Å². The Morgan fingerprint density at radius 2 is 1.87 bits per heavy atom. The smallest absolute Gasteiger partial charge is 0.296 e. The second-order valence-electron chi connectivity index (χ2n) is 7.21. The summed E-state index contributed by atoms with van der Waals surface area (Å²) in [7, 11) is 0. The summed E-state index contributed by atoms with van der Waals surface area (Å²) in [6.45, 7) is 1.68. The Balaban J connectivity index is 1.68. The molecule has 154 valence electrons. The Morgan fingerprint density at radius 3 is 2.55 bits per heavy atom. The van der Waals surface area contributed by atoms with Crippen LogP contribution in [0.4, 0.5) is 10.3 Å². The van der Waals surface area contributed by atoms with Crippen LogP contribution in [0.3, 0.4) is 0 Å². The molecule has 4 aromatic rings. The number of amides is 1. The molecule has 0 spiro atoms. The molecule has 2 N–H and O–H groups in total. The highest BCUT2D eigenvalue weighted by Crippen LogP contribution is 2.41. The molecule has 5 rings (SSSR count). The van der Waals surface area contributed by atoms with Crippen LogP contribution < -0.4 is 4.90 Å². The number of aliphatic hydroxyl groups excluding tert-OH is 1. The van der Waals surface area contributed by atoms with E-state index in [9.17, 15) is 19.1 Å². The predicted molar refractivity (Wildman–Crippen MR) is 110 cm³/mol. The molecule has 31 heavy (non-hydrogen) atoms. The van der Waals surface area contributed by atoms with Crippen LogP contribution in [-0.4, -0.2) is 26.8 Å². The van der Waals surface area contributed by atoms with Crippen LogP contribution in [-0.2, 0) is 4.79 Å². The average molecular weight is 417 g/mol. The highest BCUT2D eigenvalue weighted by Gasteiger charge is 2.46. The normalized spacial score (nSPS) is 16.5. The summed E-state index contributed by atoms with van der Waals surface area (Å²) in [4.78, 5) is 35.0. The van der Waals surface area contributed by atoms with E-state index in [1.165, 1.54) is 35.2 Å². The Kier molecular flexibility index (Phi) is 4.21. The minimum Gasteiger partial charge on any atom is -0.503 e. The first-order chi connectivity index (χ1) is 14.9. The average Bonchev–Trinajstić information content (AvgIpc) is 3.45. The van der Waals surface area contributed by atoms with E-state index in [-0.39, 0.29) is 17.3 Å². The lowest BCUT2D eigenvalue weighted by Crippen LogP contribution is -2.32. The van der Waals surface area contributed by atoms with Crippen LogP contribution in [0.5, 0.6) is 0 Å². The molecule has 0 saturated heterocycles. The topological polar surface area (TPSA) is 99.4 Å². The highest BCUT2D eigenvalue weighted by atomic mass is 19.1. The van der Waals surface area contributed by atoms with Crippen LogP contribution in [0.15, 0.2) is 76.4 Å². The number of halogens is 1. The number of aromatic amines is 1. The number of rotatable bonds is 4. The lowest BCUT2D eigenvalue weighted by molar-refractivity contribution is -0.117. The van der Waals surface area contributed by atoms with Crippen molar-refractivity contribution in [2.75, 3.05) is 4.90 Å². The third-order valence-electron chi connectivity index (χ3n) is 5.21. The van der Waals surface area contributed by atoms with Crippen LogP contribution in [0.2, 0.25) is 0 Å². The van der Waals surface area contributed by atoms with E-state index in [0.29, 0.717) is 22.4 Å². The molecule has 8 heteroatoms. The minimum atomic E-state index is -1.02. The summed E-state index contributed by atoms with van der Waals surface area (Å²) >= 11 is 0. The van der Waals surface area contributed by atoms with Gasteiger partial charge in [-0.1, -0.05) is 24.3 Å². The van der Waals surface area contributed by atoms with Crippen LogP contribution >= 0.6 is 0 Å². The lowest BCUT2D eigenvalue weighted by Gasteiger charge is -2.24. The van der Waals surface area contributed by atoms with Gasteiger partial charge in [0.1, 0.15) is 11.6 Å². The largest absolute Gasteiger partial charge is 0.503 e. The van der Waals surface area contributed by atoms with E-state index < -0.39 is 29.3 Å². The van der Waals surface area contributed by atoms with E-state index >= 15 is 0 Å². The summed E-state index contributed by atoms with van der Waals surface area (Å²) < 4.78 is 19.0. The van der Waals surface area contributed by atoms with Gasteiger partial charge in [-0.05, 0) is 48.9 Å². The lowest BCUT2D eigenvalue weighted by atomic mass is 9.95. The quantitative estimate of drug-likeness (QED) is 0.480. The minimum absolute atomic E-state index is 0.00887.